The van der Waals surface area contributed by atoms with E-state index in [9.17, 15) is 25.2 Å². The molecular weight excluding hydrogens is 346 g/mol. The van der Waals surface area contributed by atoms with Gasteiger partial charge in [0.1, 0.15) is 23.9 Å². The smallest absolute Gasteiger partial charge is 0.252 e. The van der Waals surface area contributed by atoms with Crippen LogP contribution in [0.5, 0.6) is 0 Å². The van der Waals surface area contributed by atoms with E-state index in [2.05, 4.69) is 5.32 Å². The second kappa shape index (κ2) is 6.97. The number of hydrogen-bond donors (Lipinski definition) is 5. The molecule has 0 bridgehead atoms. The first-order chi connectivity index (χ1) is 12.0. The summed E-state index contributed by atoms with van der Waals surface area (Å²) in [4.78, 5) is 12.6. The average molecular weight is 375 g/mol. The van der Waals surface area contributed by atoms with Gasteiger partial charge in [-0.05, 0) is 20.8 Å². The van der Waals surface area contributed by atoms with Crippen LogP contribution in [0.15, 0.2) is 0 Å². The van der Waals surface area contributed by atoms with Crippen molar-refractivity contribution in [2.75, 3.05) is 6.54 Å². The lowest BCUT2D eigenvalue weighted by atomic mass is 9.79. The van der Waals surface area contributed by atoms with Crippen molar-refractivity contribution in [1.29, 1.82) is 0 Å². The number of aliphatic hydroxyl groups is 4. The van der Waals surface area contributed by atoms with E-state index in [0.29, 0.717) is 6.42 Å². The standard InChI is InChI=1S/C17H29NO8/c1-8-4-9(19)13(21)12(24-8)7-18-15(22)17(23)5-10(20)14-11(6-17)25-16(2,3)26-14/h8-14,19-21,23H,4-7H2,1-3H3,(H,18,22)/t8-,9-,10-,11-,12+,13-,14+,17-/m1/s1. The van der Waals surface area contributed by atoms with Crippen LogP contribution in [0.3, 0.4) is 0 Å². The predicted molar refractivity (Wildman–Crippen MR) is 88.0 cm³/mol. The summed E-state index contributed by atoms with van der Waals surface area (Å²) in [5.41, 5.74) is -1.81. The number of ether oxygens (including phenoxy) is 3. The molecule has 2 aliphatic heterocycles. The molecule has 150 valence electrons. The van der Waals surface area contributed by atoms with E-state index in [1.807, 2.05) is 0 Å². The fraction of sp³-hybridized carbons (Fsp3) is 0.941. The lowest BCUT2D eigenvalue weighted by molar-refractivity contribution is -0.170. The average Bonchev–Trinajstić information content (AvgIpc) is 2.83. The Morgan fingerprint density at radius 3 is 2.54 bits per heavy atom. The molecule has 0 aromatic rings. The molecule has 2 saturated heterocycles. The Kier molecular flexibility index (Phi) is 5.35. The Bertz CT molecular complexity index is 543. The summed E-state index contributed by atoms with van der Waals surface area (Å²) in [6.45, 7) is 5.14. The molecular formula is C17H29NO8. The molecule has 2 heterocycles. The second-order valence-electron chi connectivity index (χ2n) is 8.13. The molecule has 0 unspecified atom stereocenters. The number of carbonyl (C=O) groups is 1. The maximum atomic E-state index is 12.6. The SMILES string of the molecule is C[C@@H]1C[C@@H](O)[C@@H](O)[C@H](CNC(=O)[C@@]2(O)C[C@@H](O)[C@@H]3OC(C)(C)O[C@@H]3C2)O1. The van der Waals surface area contributed by atoms with Crippen LogP contribution in [0.2, 0.25) is 0 Å². The zero-order chi connectivity index (χ0) is 19.3. The molecule has 1 aliphatic carbocycles. The zero-order valence-corrected chi connectivity index (χ0v) is 15.3. The summed E-state index contributed by atoms with van der Waals surface area (Å²) in [5.74, 6) is -1.56. The minimum absolute atomic E-state index is 0.00288. The van der Waals surface area contributed by atoms with Crippen LogP contribution in [-0.2, 0) is 19.0 Å². The molecule has 3 fully saturated rings. The summed E-state index contributed by atoms with van der Waals surface area (Å²) < 4.78 is 16.9. The molecule has 0 spiro atoms. The highest BCUT2D eigenvalue weighted by Crippen LogP contribution is 2.41. The summed E-state index contributed by atoms with van der Waals surface area (Å²) in [7, 11) is 0. The van der Waals surface area contributed by atoms with Gasteiger partial charge >= 0.3 is 0 Å². The number of hydrogen-bond acceptors (Lipinski definition) is 8. The second-order valence-corrected chi connectivity index (χ2v) is 8.13. The fourth-order valence-corrected chi connectivity index (χ4v) is 4.10. The van der Waals surface area contributed by atoms with Crippen LogP contribution < -0.4 is 5.32 Å². The number of rotatable bonds is 3. The van der Waals surface area contributed by atoms with Crippen molar-refractivity contribution in [1.82, 2.24) is 5.32 Å². The van der Waals surface area contributed by atoms with E-state index < -0.39 is 53.9 Å². The molecule has 3 rings (SSSR count). The van der Waals surface area contributed by atoms with Crippen molar-refractivity contribution in [2.45, 2.75) is 94.1 Å². The van der Waals surface area contributed by atoms with Crippen molar-refractivity contribution in [3.05, 3.63) is 0 Å². The minimum atomic E-state index is -1.81. The van der Waals surface area contributed by atoms with Gasteiger partial charge in [-0.15, -0.1) is 0 Å². The van der Waals surface area contributed by atoms with Crippen molar-refractivity contribution in [2.24, 2.45) is 0 Å². The minimum Gasteiger partial charge on any atom is -0.390 e. The van der Waals surface area contributed by atoms with Gasteiger partial charge in [0.15, 0.2) is 5.79 Å². The molecule has 9 nitrogen and oxygen atoms in total. The summed E-state index contributed by atoms with van der Waals surface area (Å²) in [5, 5.41) is 43.4. The third-order valence-corrected chi connectivity index (χ3v) is 5.33. The number of nitrogens with one attached hydrogen (secondary N) is 1. The predicted octanol–water partition coefficient (Wildman–Crippen LogP) is -1.59. The highest BCUT2D eigenvalue weighted by atomic mass is 16.8. The summed E-state index contributed by atoms with van der Waals surface area (Å²) in [6, 6.07) is 0. The molecule has 9 heteroatoms. The number of amides is 1. The maximum Gasteiger partial charge on any atom is 0.252 e. The van der Waals surface area contributed by atoms with Gasteiger partial charge in [0, 0.05) is 25.8 Å². The van der Waals surface area contributed by atoms with Gasteiger partial charge in [0.25, 0.3) is 5.91 Å². The van der Waals surface area contributed by atoms with Crippen LogP contribution in [-0.4, -0.2) is 87.0 Å². The Balaban J connectivity index is 1.60. The molecule has 3 aliphatic rings. The van der Waals surface area contributed by atoms with Crippen molar-refractivity contribution < 1.29 is 39.4 Å². The van der Waals surface area contributed by atoms with E-state index >= 15 is 0 Å². The molecule has 0 aromatic carbocycles. The number of carbonyl (C=O) groups excluding carboxylic acids is 1. The van der Waals surface area contributed by atoms with Gasteiger partial charge in [0.05, 0.1) is 24.4 Å². The first kappa shape index (κ1) is 19.9. The summed E-state index contributed by atoms with van der Waals surface area (Å²) in [6.07, 6.45) is -5.14. The molecule has 5 N–H and O–H groups in total. The highest BCUT2D eigenvalue weighted by molar-refractivity contribution is 5.85. The monoisotopic (exact) mass is 375 g/mol. The van der Waals surface area contributed by atoms with Gasteiger partial charge in [-0.25, -0.2) is 0 Å². The van der Waals surface area contributed by atoms with E-state index in [4.69, 9.17) is 14.2 Å². The molecule has 8 atom stereocenters. The molecule has 0 radical (unpaired) electrons. The number of fused-ring (bicyclic) bond motifs is 1. The normalized spacial score (nSPS) is 48.0. The lowest BCUT2D eigenvalue weighted by Gasteiger charge is -2.40. The van der Waals surface area contributed by atoms with Gasteiger partial charge < -0.3 is 40.0 Å². The Hall–Kier alpha value is -0.810. The Labute approximate surface area is 152 Å². The fourth-order valence-electron chi connectivity index (χ4n) is 4.10. The van der Waals surface area contributed by atoms with E-state index in [1.54, 1.807) is 20.8 Å². The van der Waals surface area contributed by atoms with Crippen molar-refractivity contribution in [3.63, 3.8) is 0 Å². The van der Waals surface area contributed by atoms with Crippen LogP contribution in [0.1, 0.15) is 40.0 Å². The first-order valence-corrected chi connectivity index (χ1v) is 9.07. The molecule has 26 heavy (non-hydrogen) atoms. The first-order valence-electron chi connectivity index (χ1n) is 9.07. The van der Waals surface area contributed by atoms with Crippen LogP contribution in [0.25, 0.3) is 0 Å². The lowest BCUT2D eigenvalue weighted by Crippen LogP contribution is -2.60. The quantitative estimate of drug-likeness (QED) is 0.398. The zero-order valence-electron chi connectivity index (χ0n) is 15.3. The third kappa shape index (κ3) is 3.89. The van der Waals surface area contributed by atoms with Crippen molar-refractivity contribution >= 4 is 5.91 Å². The highest BCUT2D eigenvalue weighted by Gasteiger charge is 2.56. The van der Waals surface area contributed by atoms with Crippen molar-refractivity contribution in [3.8, 4) is 0 Å². The van der Waals surface area contributed by atoms with E-state index in [0.717, 1.165) is 0 Å². The van der Waals surface area contributed by atoms with Gasteiger partial charge in [-0.2, -0.15) is 0 Å². The largest absolute Gasteiger partial charge is 0.390 e. The number of aliphatic hydroxyl groups excluding tert-OH is 3. The van der Waals surface area contributed by atoms with Crippen LogP contribution >= 0.6 is 0 Å². The molecule has 0 aromatic heterocycles. The van der Waals surface area contributed by atoms with E-state index in [-0.39, 0.29) is 25.5 Å². The van der Waals surface area contributed by atoms with Gasteiger partial charge in [-0.3, -0.25) is 4.79 Å². The van der Waals surface area contributed by atoms with Gasteiger partial charge in [0.2, 0.25) is 0 Å². The van der Waals surface area contributed by atoms with Gasteiger partial charge in [-0.1, -0.05) is 0 Å². The third-order valence-electron chi connectivity index (χ3n) is 5.33. The Morgan fingerprint density at radius 2 is 1.85 bits per heavy atom. The van der Waals surface area contributed by atoms with E-state index in [1.165, 1.54) is 0 Å². The van der Waals surface area contributed by atoms with Crippen LogP contribution in [0, 0.1) is 0 Å². The Morgan fingerprint density at radius 1 is 1.15 bits per heavy atom. The maximum absolute atomic E-state index is 12.6. The summed E-state index contributed by atoms with van der Waals surface area (Å²) >= 11 is 0. The molecule has 1 amide bonds. The molecule has 1 saturated carbocycles. The topological polar surface area (TPSA) is 138 Å². The van der Waals surface area contributed by atoms with Crippen LogP contribution in [0.4, 0.5) is 0 Å².